The fraction of sp³-hybridized carbons (Fsp3) is 0. The Balaban J connectivity index is 2.90. The fourth-order valence-corrected chi connectivity index (χ4v) is 1.04. The molecular formula is C10H7FN2O5. The zero-order valence-electron chi connectivity index (χ0n) is 8.79. The third-order valence-corrected chi connectivity index (χ3v) is 1.80. The second-order valence-electron chi connectivity index (χ2n) is 3.08. The smallest absolute Gasteiger partial charge is 0.328 e. The van der Waals surface area contributed by atoms with E-state index in [1.807, 2.05) is 5.32 Å². The van der Waals surface area contributed by atoms with Crippen LogP contribution in [0.2, 0.25) is 0 Å². The third kappa shape index (κ3) is 3.67. The molecule has 0 atom stereocenters. The molecule has 0 spiro atoms. The molecule has 0 heterocycles. The number of nitrogens with one attached hydrogen (secondary N) is 1. The minimum atomic E-state index is -1.34. The summed E-state index contributed by atoms with van der Waals surface area (Å²) >= 11 is 0. The molecule has 0 aliphatic heterocycles. The average molecular weight is 254 g/mol. The Morgan fingerprint density at radius 2 is 2.06 bits per heavy atom. The molecule has 2 N–H and O–H groups in total. The van der Waals surface area contributed by atoms with E-state index in [4.69, 9.17) is 5.11 Å². The van der Waals surface area contributed by atoms with Gasteiger partial charge in [0.25, 0.3) is 5.69 Å². The molecule has 0 fully saturated rings. The van der Waals surface area contributed by atoms with E-state index in [1.54, 1.807) is 0 Å². The van der Waals surface area contributed by atoms with Gasteiger partial charge >= 0.3 is 5.97 Å². The zero-order chi connectivity index (χ0) is 13.7. The Morgan fingerprint density at radius 3 is 2.61 bits per heavy atom. The summed E-state index contributed by atoms with van der Waals surface area (Å²) in [4.78, 5) is 31.0. The van der Waals surface area contributed by atoms with Gasteiger partial charge in [-0.05, 0) is 6.07 Å². The summed E-state index contributed by atoms with van der Waals surface area (Å²) in [5.74, 6) is -3.11. The molecule has 8 heteroatoms. The Morgan fingerprint density at radius 1 is 1.39 bits per heavy atom. The quantitative estimate of drug-likeness (QED) is 0.478. The normalized spacial score (nSPS) is 10.3. The van der Waals surface area contributed by atoms with E-state index >= 15 is 0 Å². The third-order valence-electron chi connectivity index (χ3n) is 1.80. The van der Waals surface area contributed by atoms with E-state index in [2.05, 4.69) is 0 Å². The van der Waals surface area contributed by atoms with Crippen molar-refractivity contribution in [2.45, 2.75) is 0 Å². The van der Waals surface area contributed by atoms with Gasteiger partial charge in [-0.15, -0.1) is 0 Å². The molecule has 1 aromatic carbocycles. The second kappa shape index (κ2) is 5.53. The summed E-state index contributed by atoms with van der Waals surface area (Å²) in [5, 5.41) is 20.7. The maximum absolute atomic E-state index is 13.2. The summed E-state index contributed by atoms with van der Waals surface area (Å²) in [6.45, 7) is 0. The fourth-order valence-electron chi connectivity index (χ4n) is 1.04. The van der Waals surface area contributed by atoms with Gasteiger partial charge in [0.1, 0.15) is 5.82 Å². The number of carbonyl (C=O) groups is 2. The largest absolute Gasteiger partial charge is 0.478 e. The summed E-state index contributed by atoms with van der Waals surface area (Å²) in [5.41, 5.74) is -0.793. The number of nitro groups is 1. The van der Waals surface area contributed by atoms with Gasteiger partial charge in [0.2, 0.25) is 5.91 Å². The first-order valence-corrected chi connectivity index (χ1v) is 4.56. The van der Waals surface area contributed by atoms with Crippen LogP contribution in [0.25, 0.3) is 0 Å². The predicted octanol–water partition coefficient (Wildman–Crippen LogP) is 1.31. The number of benzene rings is 1. The van der Waals surface area contributed by atoms with E-state index in [-0.39, 0.29) is 0 Å². The van der Waals surface area contributed by atoms with Crippen molar-refractivity contribution in [3.63, 3.8) is 0 Å². The van der Waals surface area contributed by atoms with Crippen molar-refractivity contribution < 1.29 is 24.0 Å². The van der Waals surface area contributed by atoms with Crippen LogP contribution in [0.15, 0.2) is 30.4 Å². The number of non-ortho nitro benzene ring substituents is 1. The maximum Gasteiger partial charge on any atom is 0.328 e. The van der Waals surface area contributed by atoms with Crippen LogP contribution in [0.1, 0.15) is 0 Å². The Bertz CT molecular complexity index is 541. The lowest BCUT2D eigenvalue weighted by Crippen LogP contribution is -2.10. The molecule has 0 radical (unpaired) electrons. The molecule has 18 heavy (non-hydrogen) atoms. The van der Waals surface area contributed by atoms with Gasteiger partial charge in [-0.2, -0.15) is 0 Å². The van der Waals surface area contributed by atoms with Crippen molar-refractivity contribution in [2.75, 3.05) is 5.32 Å². The number of nitrogens with zero attached hydrogens (tertiary/aromatic N) is 1. The maximum atomic E-state index is 13.2. The molecule has 0 aliphatic carbocycles. The van der Waals surface area contributed by atoms with Crippen LogP contribution in [-0.4, -0.2) is 21.9 Å². The van der Waals surface area contributed by atoms with Crippen LogP contribution in [0.3, 0.4) is 0 Å². The van der Waals surface area contributed by atoms with Crippen LogP contribution >= 0.6 is 0 Å². The van der Waals surface area contributed by atoms with E-state index in [0.717, 1.165) is 18.2 Å². The van der Waals surface area contributed by atoms with Crippen LogP contribution in [0.4, 0.5) is 15.8 Å². The highest BCUT2D eigenvalue weighted by Crippen LogP contribution is 2.21. The molecule has 0 unspecified atom stereocenters. The highest BCUT2D eigenvalue weighted by molar-refractivity contribution is 6.02. The summed E-state index contributed by atoms with van der Waals surface area (Å²) < 4.78 is 13.2. The van der Waals surface area contributed by atoms with Gasteiger partial charge in [0, 0.05) is 24.3 Å². The number of hydrogen-bond donors (Lipinski definition) is 2. The van der Waals surface area contributed by atoms with E-state index in [0.29, 0.717) is 12.2 Å². The van der Waals surface area contributed by atoms with Crippen molar-refractivity contribution in [3.05, 3.63) is 46.3 Å². The first-order valence-electron chi connectivity index (χ1n) is 4.56. The Labute approximate surface area is 99.7 Å². The number of rotatable bonds is 4. The standard InChI is InChI=1S/C10H7FN2O5/c11-7-2-1-6(13(17)18)5-8(7)12-9(14)3-4-10(15)16/h1-5H,(H,12,14)(H,15,16). The number of aliphatic carboxylic acids is 1. The summed E-state index contributed by atoms with van der Waals surface area (Å²) in [6, 6.07) is 2.61. The molecule has 1 rings (SSSR count). The van der Waals surface area contributed by atoms with Crippen LogP contribution in [-0.2, 0) is 9.59 Å². The summed E-state index contributed by atoms with van der Waals surface area (Å²) in [7, 11) is 0. The molecule has 1 amide bonds. The molecule has 0 saturated heterocycles. The van der Waals surface area contributed by atoms with Gasteiger partial charge in [-0.3, -0.25) is 14.9 Å². The van der Waals surface area contributed by atoms with Gasteiger partial charge in [-0.25, -0.2) is 9.18 Å². The van der Waals surface area contributed by atoms with E-state index < -0.39 is 34.0 Å². The number of carboxylic acid groups (broad SMARTS) is 1. The lowest BCUT2D eigenvalue weighted by atomic mass is 10.2. The molecule has 7 nitrogen and oxygen atoms in total. The molecule has 0 aromatic heterocycles. The monoisotopic (exact) mass is 254 g/mol. The van der Waals surface area contributed by atoms with Crippen molar-refractivity contribution in [3.8, 4) is 0 Å². The number of halogens is 1. The van der Waals surface area contributed by atoms with Gasteiger partial charge in [0.15, 0.2) is 0 Å². The zero-order valence-corrected chi connectivity index (χ0v) is 8.79. The number of carboxylic acids is 1. The summed E-state index contributed by atoms with van der Waals surface area (Å²) in [6.07, 6.45) is 1.23. The molecule has 0 bridgehead atoms. The molecule has 94 valence electrons. The van der Waals surface area contributed by atoms with Crippen LogP contribution in [0.5, 0.6) is 0 Å². The second-order valence-corrected chi connectivity index (χ2v) is 3.08. The van der Waals surface area contributed by atoms with Gasteiger partial charge in [0.05, 0.1) is 10.6 Å². The first kappa shape index (κ1) is 13.3. The highest BCUT2D eigenvalue weighted by Gasteiger charge is 2.12. The first-order chi connectivity index (χ1) is 8.40. The van der Waals surface area contributed by atoms with Crippen LogP contribution in [0, 0.1) is 15.9 Å². The number of carbonyl (C=O) groups excluding carboxylic acids is 1. The van der Waals surface area contributed by atoms with Crippen LogP contribution < -0.4 is 5.32 Å². The lowest BCUT2D eigenvalue weighted by molar-refractivity contribution is -0.384. The molecular weight excluding hydrogens is 247 g/mol. The molecule has 0 saturated carbocycles. The number of anilines is 1. The highest BCUT2D eigenvalue weighted by atomic mass is 19.1. The molecule has 1 aromatic rings. The Hall–Kier alpha value is -2.77. The number of amides is 1. The average Bonchev–Trinajstić information content (AvgIpc) is 2.29. The Kier molecular flexibility index (Phi) is 4.08. The van der Waals surface area contributed by atoms with Gasteiger partial charge in [-0.1, -0.05) is 0 Å². The van der Waals surface area contributed by atoms with Crippen molar-refractivity contribution in [1.29, 1.82) is 0 Å². The van der Waals surface area contributed by atoms with Crippen molar-refractivity contribution in [1.82, 2.24) is 0 Å². The number of nitro benzene ring substituents is 1. The SMILES string of the molecule is O=C(O)C=CC(=O)Nc1cc([N+](=O)[O-])ccc1F. The van der Waals surface area contributed by atoms with Crippen molar-refractivity contribution in [2.24, 2.45) is 0 Å². The predicted molar refractivity (Wildman–Crippen MR) is 58.5 cm³/mol. The minimum absolute atomic E-state index is 0.395. The van der Waals surface area contributed by atoms with Crippen molar-refractivity contribution >= 4 is 23.3 Å². The lowest BCUT2D eigenvalue weighted by Gasteiger charge is -2.03. The number of hydrogen-bond acceptors (Lipinski definition) is 4. The van der Waals surface area contributed by atoms with Gasteiger partial charge < -0.3 is 10.4 Å². The van der Waals surface area contributed by atoms with E-state index in [9.17, 15) is 24.1 Å². The minimum Gasteiger partial charge on any atom is -0.478 e. The topological polar surface area (TPSA) is 110 Å². The molecule has 0 aliphatic rings. The van der Waals surface area contributed by atoms with E-state index in [1.165, 1.54) is 0 Å².